The molecular weight excluding hydrogens is 910 g/mol. The molecule has 1 rings (SSSR count). The standard InChI is InChI=1S/C56H108NO12P/c1-3-5-7-9-11-13-15-17-19-21-23-24-26-27-29-31-33-35-37-39-41-43-47(58)45-50(60)57-48(46-68-70(66,67)69-56-54(64)52(62)51(61)53(63)55(56)65)49(59)44-42-40-38-36-34-32-30-28-25-22-20-18-16-14-12-10-8-6-4-2/h27,29,42,44,47-49,51-56,58-59,61-65H,3-26,28,30-41,43,45-46H2,1-2H3,(H,57,60)(H,66,67)/b29-27-,44-42+. The summed E-state index contributed by atoms with van der Waals surface area (Å²) in [6, 6.07) is -1.24. The van der Waals surface area contributed by atoms with Crippen LogP contribution in [-0.4, -0.2) is 108 Å². The van der Waals surface area contributed by atoms with Crippen molar-refractivity contribution >= 4 is 13.7 Å². The van der Waals surface area contributed by atoms with E-state index < -0.39 is 75.2 Å². The fraction of sp³-hybridized carbons (Fsp3) is 0.911. The molecule has 9 N–H and O–H groups in total. The largest absolute Gasteiger partial charge is 0.472 e. The predicted octanol–water partition coefficient (Wildman–Crippen LogP) is 11.9. The van der Waals surface area contributed by atoms with E-state index in [0.29, 0.717) is 12.8 Å². The van der Waals surface area contributed by atoms with Crippen molar-refractivity contribution in [2.75, 3.05) is 6.61 Å². The van der Waals surface area contributed by atoms with Crippen LogP contribution in [0.4, 0.5) is 0 Å². The van der Waals surface area contributed by atoms with Crippen LogP contribution in [-0.2, 0) is 18.4 Å². The monoisotopic (exact) mass is 1020 g/mol. The molecule has 0 aromatic heterocycles. The highest BCUT2D eigenvalue weighted by Crippen LogP contribution is 2.47. The molecule has 1 saturated carbocycles. The van der Waals surface area contributed by atoms with Gasteiger partial charge < -0.3 is 46.0 Å². The van der Waals surface area contributed by atoms with E-state index in [1.807, 2.05) is 0 Å². The number of carbonyl (C=O) groups is 1. The third-order valence-electron chi connectivity index (χ3n) is 14.0. The molecule has 0 radical (unpaired) electrons. The summed E-state index contributed by atoms with van der Waals surface area (Å²) in [5, 5.41) is 74.9. The van der Waals surface area contributed by atoms with Crippen LogP contribution in [0.25, 0.3) is 0 Å². The van der Waals surface area contributed by atoms with Gasteiger partial charge in [0.05, 0.1) is 31.3 Å². The second kappa shape index (κ2) is 45.2. The fourth-order valence-corrected chi connectivity index (χ4v) is 10.3. The van der Waals surface area contributed by atoms with Crippen LogP contribution in [0.15, 0.2) is 24.3 Å². The molecule has 8 atom stereocenters. The highest BCUT2D eigenvalue weighted by Gasteiger charge is 2.51. The normalized spacial score (nSPS) is 21.9. The summed E-state index contributed by atoms with van der Waals surface area (Å²) >= 11 is 0. The average molecular weight is 1020 g/mol. The van der Waals surface area contributed by atoms with E-state index in [2.05, 4.69) is 31.3 Å². The molecule has 0 aromatic carbocycles. The number of aliphatic hydroxyl groups is 7. The summed E-state index contributed by atoms with van der Waals surface area (Å²) in [7, 11) is -5.15. The zero-order valence-corrected chi connectivity index (χ0v) is 45.3. The number of unbranched alkanes of at least 4 members (excludes halogenated alkanes) is 34. The number of phosphoric ester groups is 1. The Morgan fingerprint density at radius 2 is 0.829 bits per heavy atom. The quantitative estimate of drug-likeness (QED) is 0.0158. The van der Waals surface area contributed by atoms with Crippen molar-refractivity contribution in [3.63, 3.8) is 0 Å². The molecule has 0 bridgehead atoms. The maximum absolute atomic E-state index is 13.1. The number of phosphoric acid groups is 1. The first-order valence-corrected chi connectivity index (χ1v) is 30.4. The number of hydrogen-bond donors (Lipinski definition) is 9. The van der Waals surface area contributed by atoms with Gasteiger partial charge in [0.15, 0.2) is 0 Å². The van der Waals surface area contributed by atoms with Crippen LogP contribution in [0.2, 0.25) is 0 Å². The minimum atomic E-state index is -5.15. The second-order valence-electron chi connectivity index (χ2n) is 20.7. The van der Waals surface area contributed by atoms with Gasteiger partial charge in [-0.15, -0.1) is 0 Å². The van der Waals surface area contributed by atoms with Crippen LogP contribution in [0.5, 0.6) is 0 Å². The zero-order valence-electron chi connectivity index (χ0n) is 44.4. The van der Waals surface area contributed by atoms with E-state index in [-0.39, 0.29) is 6.42 Å². The van der Waals surface area contributed by atoms with Crippen molar-refractivity contribution in [1.82, 2.24) is 5.32 Å². The van der Waals surface area contributed by atoms with Crippen molar-refractivity contribution in [2.45, 2.75) is 319 Å². The smallest absolute Gasteiger partial charge is 0.393 e. The lowest BCUT2D eigenvalue weighted by Gasteiger charge is -2.41. The molecule has 0 aliphatic heterocycles. The number of nitrogens with one attached hydrogen (secondary N) is 1. The van der Waals surface area contributed by atoms with Crippen molar-refractivity contribution in [2.24, 2.45) is 0 Å². The van der Waals surface area contributed by atoms with Crippen LogP contribution < -0.4 is 5.32 Å². The predicted molar refractivity (Wildman–Crippen MR) is 284 cm³/mol. The maximum Gasteiger partial charge on any atom is 0.472 e. The first-order chi connectivity index (χ1) is 33.8. The number of allylic oxidation sites excluding steroid dienone is 3. The summed E-state index contributed by atoms with van der Waals surface area (Å²) in [6.45, 7) is 3.79. The molecule has 1 fully saturated rings. The van der Waals surface area contributed by atoms with Gasteiger partial charge in [0, 0.05) is 0 Å². The van der Waals surface area contributed by atoms with Crippen LogP contribution >= 0.6 is 7.82 Å². The van der Waals surface area contributed by atoms with Gasteiger partial charge in [0.1, 0.15) is 36.6 Å². The summed E-state index contributed by atoms with van der Waals surface area (Å²) in [6.07, 6.45) is 39.7. The molecule has 8 unspecified atom stereocenters. The fourth-order valence-electron chi connectivity index (χ4n) is 9.36. The third-order valence-corrected chi connectivity index (χ3v) is 15.0. The van der Waals surface area contributed by atoms with Crippen molar-refractivity contribution in [3.05, 3.63) is 24.3 Å². The number of amides is 1. The van der Waals surface area contributed by atoms with Crippen molar-refractivity contribution < 1.29 is 59.0 Å². The summed E-state index contributed by atoms with van der Waals surface area (Å²) in [5.74, 6) is -0.593. The number of rotatable bonds is 49. The van der Waals surface area contributed by atoms with Gasteiger partial charge in [-0.3, -0.25) is 13.8 Å². The Balaban J connectivity index is 2.42. The molecular formula is C56H108NO12P. The summed E-state index contributed by atoms with van der Waals surface area (Å²) < 4.78 is 23.0. The second-order valence-corrected chi connectivity index (χ2v) is 22.1. The molecule has 0 saturated heterocycles. The van der Waals surface area contributed by atoms with E-state index in [9.17, 15) is 50.0 Å². The molecule has 1 aliphatic rings. The molecule has 0 aromatic rings. The average Bonchev–Trinajstić information content (AvgIpc) is 3.34. The molecule has 1 amide bonds. The molecule has 14 heteroatoms. The Hall–Kier alpha value is -1.22. The third kappa shape index (κ3) is 35.8. The lowest BCUT2D eigenvalue weighted by atomic mass is 9.85. The van der Waals surface area contributed by atoms with Gasteiger partial charge in [0.2, 0.25) is 5.91 Å². The van der Waals surface area contributed by atoms with Crippen LogP contribution in [0, 0.1) is 0 Å². The minimum absolute atomic E-state index is 0.248. The van der Waals surface area contributed by atoms with Crippen LogP contribution in [0.1, 0.15) is 264 Å². The van der Waals surface area contributed by atoms with Crippen LogP contribution in [0.3, 0.4) is 0 Å². The van der Waals surface area contributed by atoms with Gasteiger partial charge in [-0.1, -0.05) is 237 Å². The van der Waals surface area contributed by atoms with Gasteiger partial charge in [-0.2, -0.15) is 0 Å². The molecule has 0 spiro atoms. The number of carbonyl (C=O) groups excluding carboxylic acids is 1. The zero-order chi connectivity index (χ0) is 51.5. The molecule has 1 aliphatic carbocycles. The van der Waals surface area contributed by atoms with E-state index >= 15 is 0 Å². The lowest BCUT2D eigenvalue weighted by Crippen LogP contribution is -2.64. The van der Waals surface area contributed by atoms with Crippen molar-refractivity contribution in [1.29, 1.82) is 0 Å². The molecule has 13 nitrogen and oxygen atoms in total. The van der Waals surface area contributed by atoms with E-state index in [4.69, 9.17) is 9.05 Å². The highest BCUT2D eigenvalue weighted by molar-refractivity contribution is 7.47. The highest BCUT2D eigenvalue weighted by atomic mass is 31.2. The number of aliphatic hydroxyl groups excluding tert-OH is 7. The van der Waals surface area contributed by atoms with E-state index in [1.165, 1.54) is 173 Å². The van der Waals surface area contributed by atoms with Gasteiger partial charge >= 0.3 is 7.82 Å². The maximum atomic E-state index is 13.1. The Bertz CT molecular complexity index is 1290. The van der Waals surface area contributed by atoms with Gasteiger partial charge in [0.25, 0.3) is 0 Å². The summed E-state index contributed by atoms with van der Waals surface area (Å²) in [5.41, 5.74) is 0. The van der Waals surface area contributed by atoms with E-state index in [0.717, 1.165) is 64.2 Å². The minimum Gasteiger partial charge on any atom is -0.393 e. The van der Waals surface area contributed by atoms with Crippen molar-refractivity contribution in [3.8, 4) is 0 Å². The molecule has 414 valence electrons. The first-order valence-electron chi connectivity index (χ1n) is 28.9. The molecule has 0 heterocycles. The first kappa shape index (κ1) is 66.8. The topological polar surface area (TPSA) is 226 Å². The number of hydrogen-bond acceptors (Lipinski definition) is 11. The van der Waals surface area contributed by atoms with Gasteiger partial charge in [-0.05, 0) is 44.9 Å². The Labute approximate surface area is 426 Å². The Morgan fingerprint density at radius 3 is 1.21 bits per heavy atom. The lowest BCUT2D eigenvalue weighted by molar-refractivity contribution is -0.220. The Morgan fingerprint density at radius 1 is 0.500 bits per heavy atom. The van der Waals surface area contributed by atoms with Gasteiger partial charge in [-0.25, -0.2) is 4.57 Å². The van der Waals surface area contributed by atoms with E-state index in [1.54, 1.807) is 6.08 Å². The molecule has 70 heavy (non-hydrogen) atoms. The SMILES string of the molecule is CCCCCCCCCCCCCC/C=C\CCCCCCCC(O)CC(=O)NC(COP(=O)(O)OC1C(O)C(O)C(O)C(O)C1O)C(O)/C=C/CCCCCCCCCCCCCCCCCCC. The Kier molecular flexibility index (Phi) is 43.1. The summed E-state index contributed by atoms with van der Waals surface area (Å²) in [4.78, 5) is 23.6.